The van der Waals surface area contributed by atoms with Gasteiger partial charge in [0, 0.05) is 50.6 Å². The number of cyclic esters (lactones) is 1. The lowest BCUT2D eigenvalue weighted by Crippen LogP contribution is -2.56. The van der Waals surface area contributed by atoms with Gasteiger partial charge in [-0.2, -0.15) is 0 Å². The van der Waals surface area contributed by atoms with Gasteiger partial charge >= 0.3 is 5.97 Å². The second-order valence-electron chi connectivity index (χ2n) is 11.5. The molecule has 1 aromatic rings. The topological polar surface area (TPSA) is 129 Å². The Bertz CT molecular complexity index is 1280. The number of likely N-dealkylation sites (tertiary alicyclic amines) is 1. The first-order chi connectivity index (χ1) is 20.7. The average Bonchev–Trinajstić information content (AvgIpc) is 3.64. The van der Waals surface area contributed by atoms with Crippen LogP contribution >= 0.6 is 0 Å². The Labute approximate surface area is 252 Å². The molecular weight excluding hydrogens is 552 g/mol. The van der Waals surface area contributed by atoms with E-state index in [4.69, 9.17) is 9.47 Å². The SMILES string of the molecule is CCN(CC)c1ccc(N2C/C=C\CCC(=O)NC[C@H](C)OC(=O)[C@@H]3[C@H]4C(=O)N(CCCO)[C@H](C2=O)[C@]42C=C[C@H]3O2)cc1. The van der Waals surface area contributed by atoms with E-state index >= 15 is 0 Å². The van der Waals surface area contributed by atoms with Crippen LogP contribution in [0.1, 0.15) is 40.0 Å². The molecule has 11 nitrogen and oxygen atoms in total. The highest BCUT2D eigenvalue weighted by Crippen LogP contribution is 2.55. The molecule has 4 heterocycles. The minimum absolute atomic E-state index is 0.140. The average molecular weight is 595 g/mol. The molecule has 4 aliphatic rings. The van der Waals surface area contributed by atoms with Gasteiger partial charge in [-0.05, 0) is 57.9 Å². The molecule has 5 bridgehead atoms. The summed E-state index contributed by atoms with van der Waals surface area (Å²) in [5.41, 5.74) is 0.340. The number of hydrogen-bond acceptors (Lipinski definition) is 8. The van der Waals surface area contributed by atoms with Crippen molar-refractivity contribution in [2.75, 3.05) is 49.1 Å². The molecule has 0 saturated carbocycles. The summed E-state index contributed by atoms with van der Waals surface area (Å²) >= 11 is 0. The predicted octanol–water partition coefficient (Wildman–Crippen LogP) is 1.80. The quantitative estimate of drug-likeness (QED) is 0.361. The minimum Gasteiger partial charge on any atom is -0.460 e. The number of anilines is 2. The molecule has 0 aliphatic carbocycles. The summed E-state index contributed by atoms with van der Waals surface area (Å²) in [5, 5.41) is 12.4. The van der Waals surface area contributed by atoms with Crippen LogP contribution in [0, 0.1) is 11.8 Å². The zero-order valence-corrected chi connectivity index (χ0v) is 25.1. The molecule has 3 amide bonds. The highest BCUT2D eigenvalue weighted by molar-refractivity contribution is 6.05. The van der Waals surface area contributed by atoms with Crippen LogP contribution in [0.5, 0.6) is 0 Å². The number of carbonyl (C=O) groups is 4. The van der Waals surface area contributed by atoms with E-state index in [0.29, 0.717) is 12.1 Å². The van der Waals surface area contributed by atoms with Crippen LogP contribution in [-0.4, -0.2) is 96.9 Å². The predicted molar refractivity (Wildman–Crippen MR) is 160 cm³/mol. The number of hydrogen-bond donors (Lipinski definition) is 2. The maximum Gasteiger partial charge on any atom is 0.313 e. The van der Waals surface area contributed by atoms with E-state index in [1.165, 1.54) is 4.90 Å². The van der Waals surface area contributed by atoms with Gasteiger partial charge in [0.1, 0.15) is 23.7 Å². The summed E-state index contributed by atoms with van der Waals surface area (Å²) in [6.45, 7) is 7.88. The van der Waals surface area contributed by atoms with E-state index in [-0.39, 0.29) is 56.8 Å². The molecular formula is C32H42N4O7. The van der Waals surface area contributed by atoms with Crippen molar-refractivity contribution in [1.29, 1.82) is 0 Å². The fourth-order valence-electron chi connectivity index (χ4n) is 6.78. The number of fused-ring (bicyclic) bond motifs is 2. The zero-order valence-electron chi connectivity index (χ0n) is 25.1. The highest BCUT2D eigenvalue weighted by Gasteiger charge is 2.73. The molecule has 4 aliphatic heterocycles. The van der Waals surface area contributed by atoms with Gasteiger partial charge in [0.2, 0.25) is 11.8 Å². The Morgan fingerprint density at radius 2 is 1.81 bits per heavy atom. The Morgan fingerprint density at radius 1 is 1.07 bits per heavy atom. The van der Waals surface area contributed by atoms with Crippen molar-refractivity contribution in [3.63, 3.8) is 0 Å². The molecule has 1 spiro atoms. The van der Waals surface area contributed by atoms with Crippen molar-refractivity contribution in [2.24, 2.45) is 11.8 Å². The van der Waals surface area contributed by atoms with Crippen molar-refractivity contribution >= 4 is 35.1 Å². The maximum absolute atomic E-state index is 14.7. The summed E-state index contributed by atoms with van der Waals surface area (Å²) in [4.78, 5) is 59.9. The highest BCUT2D eigenvalue weighted by atomic mass is 16.6. The molecule has 0 radical (unpaired) electrons. The van der Waals surface area contributed by atoms with Gasteiger partial charge in [0.05, 0.1) is 18.6 Å². The number of nitrogens with one attached hydrogen (secondary N) is 1. The minimum atomic E-state index is -1.34. The molecule has 2 fully saturated rings. The molecule has 6 atom stereocenters. The Kier molecular flexibility index (Phi) is 9.22. The van der Waals surface area contributed by atoms with E-state index in [9.17, 15) is 24.3 Å². The lowest BCUT2D eigenvalue weighted by atomic mass is 9.74. The summed E-state index contributed by atoms with van der Waals surface area (Å²) in [6.07, 6.45) is 6.90. The number of allylic oxidation sites excluding steroid dienone is 1. The van der Waals surface area contributed by atoms with Crippen LogP contribution in [0.25, 0.3) is 0 Å². The summed E-state index contributed by atoms with van der Waals surface area (Å²) in [5.74, 6) is -3.35. The van der Waals surface area contributed by atoms with Gasteiger partial charge in [-0.25, -0.2) is 0 Å². The Hall–Kier alpha value is -3.70. The first kappa shape index (κ1) is 30.7. The van der Waals surface area contributed by atoms with Crippen molar-refractivity contribution in [3.8, 4) is 0 Å². The van der Waals surface area contributed by atoms with Crippen LogP contribution in [0.4, 0.5) is 11.4 Å². The maximum atomic E-state index is 14.7. The van der Waals surface area contributed by atoms with Gasteiger partial charge in [0.15, 0.2) is 0 Å². The fourth-order valence-corrected chi connectivity index (χ4v) is 6.78. The van der Waals surface area contributed by atoms with Gasteiger partial charge in [-0.3, -0.25) is 19.2 Å². The molecule has 232 valence electrons. The Balaban J connectivity index is 1.56. The number of aliphatic hydroxyl groups excluding tert-OH is 1. The van der Waals surface area contributed by atoms with Crippen molar-refractivity contribution in [1.82, 2.24) is 10.2 Å². The summed E-state index contributed by atoms with van der Waals surface area (Å²) in [6, 6.07) is 6.69. The molecule has 0 aromatic heterocycles. The normalized spacial score (nSPS) is 31.7. The van der Waals surface area contributed by atoms with E-state index in [0.717, 1.165) is 18.8 Å². The third-order valence-electron chi connectivity index (χ3n) is 8.89. The lowest BCUT2D eigenvalue weighted by molar-refractivity contribution is -0.158. The molecule has 5 rings (SSSR count). The van der Waals surface area contributed by atoms with Crippen LogP contribution < -0.4 is 15.1 Å². The number of benzene rings is 1. The first-order valence-electron chi connectivity index (χ1n) is 15.3. The van der Waals surface area contributed by atoms with Crippen molar-refractivity contribution < 1.29 is 33.8 Å². The van der Waals surface area contributed by atoms with E-state index in [1.54, 1.807) is 24.0 Å². The fraction of sp³-hybridized carbons (Fsp3) is 0.562. The molecule has 1 aromatic carbocycles. The van der Waals surface area contributed by atoms with E-state index < -0.39 is 41.7 Å². The number of esters is 1. The second-order valence-corrected chi connectivity index (χ2v) is 11.5. The third kappa shape index (κ3) is 5.68. The van der Waals surface area contributed by atoms with Gasteiger partial charge < -0.3 is 34.6 Å². The monoisotopic (exact) mass is 594 g/mol. The van der Waals surface area contributed by atoms with E-state index in [1.807, 2.05) is 36.4 Å². The zero-order chi connectivity index (χ0) is 30.7. The standard InChI is InChI=1S/C32H42N4O7/c1-4-34(5-2)22-11-13-23(14-12-22)35-17-8-6-7-10-25(38)33-20-21(3)42-31(41)26-24-15-16-32(43-24)27(26)29(39)36(18-9-19-37)28(32)30(35)40/h6,8,11-16,21,24,26-28,37H,4-5,7,9-10,17-20H2,1-3H3,(H,33,38)/b8-6-/t21-,24+,26-,27-,28+,32-/m0/s1. The number of nitrogens with zero attached hydrogens (tertiary/aromatic N) is 3. The number of rotatable bonds is 7. The van der Waals surface area contributed by atoms with Gasteiger partial charge in [-0.15, -0.1) is 0 Å². The molecule has 2 saturated heterocycles. The molecule has 43 heavy (non-hydrogen) atoms. The second kappa shape index (κ2) is 12.9. The lowest BCUT2D eigenvalue weighted by Gasteiger charge is -2.36. The first-order valence-corrected chi connectivity index (χ1v) is 15.3. The van der Waals surface area contributed by atoms with Crippen LogP contribution in [0.3, 0.4) is 0 Å². The Morgan fingerprint density at radius 3 is 2.51 bits per heavy atom. The van der Waals surface area contributed by atoms with Crippen molar-refractivity contribution in [2.45, 2.75) is 63.9 Å². The van der Waals surface area contributed by atoms with E-state index in [2.05, 4.69) is 24.1 Å². The van der Waals surface area contributed by atoms with Crippen LogP contribution in [0.2, 0.25) is 0 Å². The smallest absolute Gasteiger partial charge is 0.313 e. The summed E-state index contributed by atoms with van der Waals surface area (Å²) in [7, 11) is 0. The molecule has 2 N–H and O–H groups in total. The largest absolute Gasteiger partial charge is 0.460 e. The van der Waals surface area contributed by atoms with Crippen molar-refractivity contribution in [3.05, 3.63) is 48.6 Å². The number of aliphatic hydroxyl groups is 1. The van der Waals surface area contributed by atoms with Crippen LogP contribution in [0.15, 0.2) is 48.6 Å². The van der Waals surface area contributed by atoms with Gasteiger partial charge in [-0.1, -0.05) is 24.3 Å². The number of amides is 3. The third-order valence-corrected chi connectivity index (χ3v) is 8.89. The molecule has 11 heteroatoms. The van der Waals surface area contributed by atoms with Crippen LogP contribution in [-0.2, 0) is 28.7 Å². The number of carbonyl (C=O) groups excluding carboxylic acids is 4. The number of ether oxygens (including phenoxy) is 2. The van der Waals surface area contributed by atoms with Gasteiger partial charge in [0.25, 0.3) is 5.91 Å². The molecule has 0 unspecified atom stereocenters. The summed E-state index contributed by atoms with van der Waals surface area (Å²) < 4.78 is 12.1.